The zero-order chi connectivity index (χ0) is 15.7. The van der Waals surface area contributed by atoms with Crippen molar-refractivity contribution in [3.05, 3.63) is 35.4 Å². The van der Waals surface area contributed by atoms with Gasteiger partial charge >= 0.3 is 0 Å². The van der Waals surface area contributed by atoms with Crippen LogP contribution < -0.4 is 5.32 Å². The van der Waals surface area contributed by atoms with Gasteiger partial charge in [-0.2, -0.15) is 0 Å². The maximum atomic E-state index is 13.8. The molecule has 4 atom stereocenters. The Morgan fingerprint density at radius 2 is 1.95 bits per heavy atom. The van der Waals surface area contributed by atoms with E-state index in [-0.39, 0.29) is 11.6 Å². The Morgan fingerprint density at radius 1 is 1.23 bits per heavy atom. The van der Waals surface area contributed by atoms with Gasteiger partial charge in [0.2, 0.25) is 0 Å². The molecule has 0 bridgehead atoms. The van der Waals surface area contributed by atoms with Crippen molar-refractivity contribution in [1.29, 1.82) is 0 Å². The Hall–Kier alpha value is -1.04. The average Bonchev–Trinajstić information content (AvgIpc) is 2.94. The standard InChI is InChI=1S/C17H24F2N2O/c1-11(17(22)16-14(18)5-2-6-15(16)19)20-12-7-9-21-8-3-4-13(21)10-12/h2,5-6,11-13,17,20,22H,3-4,7-10H2,1H3/t11-,12+,13-,17-/m1/s1. The van der Waals surface area contributed by atoms with Gasteiger partial charge < -0.3 is 15.3 Å². The summed E-state index contributed by atoms with van der Waals surface area (Å²) in [4.78, 5) is 2.52. The molecule has 1 aromatic rings. The van der Waals surface area contributed by atoms with E-state index in [1.54, 1.807) is 6.92 Å². The van der Waals surface area contributed by atoms with E-state index in [0.717, 1.165) is 19.4 Å². The van der Waals surface area contributed by atoms with Gasteiger partial charge in [-0.25, -0.2) is 8.78 Å². The Bertz CT molecular complexity index is 505. The lowest BCUT2D eigenvalue weighted by Crippen LogP contribution is -2.49. The zero-order valence-corrected chi connectivity index (χ0v) is 12.9. The molecule has 3 rings (SSSR count). The minimum Gasteiger partial charge on any atom is -0.387 e. The van der Waals surface area contributed by atoms with Crippen LogP contribution in [-0.4, -0.2) is 41.2 Å². The lowest BCUT2D eigenvalue weighted by Gasteiger charge is -2.37. The van der Waals surface area contributed by atoms with E-state index in [1.807, 2.05) is 0 Å². The van der Waals surface area contributed by atoms with Gasteiger partial charge in [0.05, 0.1) is 11.7 Å². The highest BCUT2D eigenvalue weighted by molar-refractivity contribution is 5.23. The highest BCUT2D eigenvalue weighted by Crippen LogP contribution is 2.29. The van der Waals surface area contributed by atoms with E-state index in [9.17, 15) is 13.9 Å². The summed E-state index contributed by atoms with van der Waals surface area (Å²) in [6.07, 6.45) is 3.39. The van der Waals surface area contributed by atoms with E-state index >= 15 is 0 Å². The second-order valence-electron chi connectivity index (χ2n) is 6.59. The fourth-order valence-corrected chi connectivity index (χ4v) is 3.88. The highest BCUT2D eigenvalue weighted by Gasteiger charge is 2.33. The summed E-state index contributed by atoms with van der Waals surface area (Å²) < 4.78 is 27.6. The van der Waals surface area contributed by atoms with E-state index in [2.05, 4.69) is 10.2 Å². The lowest BCUT2D eigenvalue weighted by molar-refractivity contribution is 0.102. The van der Waals surface area contributed by atoms with Crippen molar-refractivity contribution >= 4 is 0 Å². The first-order valence-electron chi connectivity index (χ1n) is 8.18. The molecule has 0 amide bonds. The molecular formula is C17H24F2N2O. The number of benzene rings is 1. The van der Waals surface area contributed by atoms with Crippen molar-refractivity contribution in [2.24, 2.45) is 0 Å². The summed E-state index contributed by atoms with van der Waals surface area (Å²) >= 11 is 0. The molecule has 2 N–H and O–H groups in total. The molecule has 2 saturated heterocycles. The largest absolute Gasteiger partial charge is 0.387 e. The zero-order valence-electron chi connectivity index (χ0n) is 12.9. The average molecular weight is 310 g/mol. The van der Waals surface area contributed by atoms with Gasteiger partial charge in [-0.1, -0.05) is 6.07 Å². The fourth-order valence-electron chi connectivity index (χ4n) is 3.88. The number of aliphatic hydroxyl groups excluding tert-OH is 1. The van der Waals surface area contributed by atoms with Gasteiger partial charge in [0.15, 0.2) is 0 Å². The van der Waals surface area contributed by atoms with Crippen LogP contribution in [0.5, 0.6) is 0 Å². The molecule has 0 spiro atoms. The first kappa shape index (κ1) is 15.8. The normalized spacial score (nSPS) is 28.4. The van der Waals surface area contributed by atoms with Gasteiger partial charge in [-0.3, -0.25) is 0 Å². The SMILES string of the molecule is C[C@@H](N[C@H]1CCN2CCC[C@@H]2C1)[C@@H](O)c1c(F)cccc1F. The van der Waals surface area contributed by atoms with Crippen LogP contribution in [0.4, 0.5) is 8.78 Å². The molecule has 3 nitrogen and oxygen atoms in total. The topological polar surface area (TPSA) is 35.5 Å². The monoisotopic (exact) mass is 310 g/mol. The third-order valence-electron chi connectivity index (χ3n) is 5.09. The highest BCUT2D eigenvalue weighted by atomic mass is 19.1. The first-order valence-corrected chi connectivity index (χ1v) is 8.18. The van der Waals surface area contributed by atoms with Gasteiger partial charge in [-0.05, 0) is 57.8 Å². The van der Waals surface area contributed by atoms with Crippen molar-refractivity contribution in [3.8, 4) is 0 Å². The molecule has 22 heavy (non-hydrogen) atoms. The van der Waals surface area contributed by atoms with Crippen LogP contribution in [0.2, 0.25) is 0 Å². The number of fused-ring (bicyclic) bond motifs is 1. The molecule has 2 fully saturated rings. The number of hydrogen-bond donors (Lipinski definition) is 2. The van der Waals surface area contributed by atoms with Crippen molar-refractivity contribution in [2.45, 2.75) is 56.8 Å². The summed E-state index contributed by atoms with van der Waals surface area (Å²) in [6.45, 7) is 4.05. The van der Waals surface area contributed by atoms with Crippen molar-refractivity contribution in [1.82, 2.24) is 10.2 Å². The van der Waals surface area contributed by atoms with Crippen LogP contribution in [0.15, 0.2) is 18.2 Å². The molecule has 1 aromatic carbocycles. The van der Waals surface area contributed by atoms with Crippen LogP contribution in [0.25, 0.3) is 0 Å². The Labute approximate surface area is 130 Å². The number of piperidine rings is 1. The number of nitrogens with zero attached hydrogens (tertiary/aromatic N) is 1. The smallest absolute Gasteiger partial charge is 0.132 e. The van der Waals surface area contributed by atoms with E-state index in [4.69, 9.17) is 0 Å². The Balaban J connectivity index is 1.63. The van der Waals surface area contributed by atoms with E-state index in [0.29, 0.717) is 12.1 Å². The summed E-state index contributed by atoms with van der Waals surface area (Å²) in [5.41, 5.74) is -0.235. The summed E-state index contributed by atoms with van der Waals surface area (Å²) in [6, 6.07) is 4.23. The lowest BCUT2D eigenvalue weighted by atomic mass is 9.95. The van der Waals surface area contributed by atoms with Crippen LogP contribution >= 0.6 is 0 Å². The maximum Gasteiger partial charge on any atom is 0.132 e. The van der Waals surface area contributed by atoms with Crippen molar-refractivity contribution in [3.63, 3.8) is 0 Å². The summed E-state index contributed by atoms with van der Waals surface area (Å²) in [7, 11) is 0. The Kier molecular flexibility index (Phi) is 4.76. The predicted octanol–water partition coefficient (Wildman–Crippen LogP) is 2.60. The van der Waals surface area contributed by atoms with Gasteiger partial charge in [0, 0.05) is 18.1 Å². The minimum atomic E-state index is -1.18. The first-order chi connectivity index (χ1) is 10.6. The van der Waals surface area contributed by atoms with Crippen LogP contribution in [0, 0.1) is 11.6 Å². The second kappa shape index (κ2) is 6.60. The molecule has 0 radical (unpaired) electrons. The molecular weight excluding hydrogens is 286 g/mol. The van der Waals surface area contributed by atoms with E-state index < -0.39 is 17.7 Å². The van der Waals surface area contributed by atoms with E-state index in [1.165, 1.54) is 37.6 Å². The quantitative estimate of drug-likeness (QED) is 0.897. The molecule has 0 saturated carbocycles. The minimum absolute atomic E-state index is 0.235. The van der Waals surface area contributed by atoms with Crippen LogP contribution in [-0.2, 0) is 0 Å². The van der Waals surface area contributed by atoms with Gasteiger partial charge in [-0.15, -0.1) is 0 Å². The molecule has 2 aliphatic rings. The van der Waals surface area contributed by atoms with Crippen LogP contribution in [0.1, 0.15) is 44.3 Å². The molecule has 122 valence electrons. The number of nitrogens with one attached hydrogen (secondary N) is 1. The number of aliphatic hydroxyl groups is 1. The fraction of sp³-hybridized carbons (Fsp3) is 0.647. The second-order valence-corrected chi connectivity index (χ2v) is 6.59. The van der Waals surface area contributed by atoms with Gasteiger partial charge in [0.25, 0.3) is 0 Å². The van der Waals surface area contributed by atoms with Crippen molar-refractivity contribution < 1.29 is 13.9 Å². The maximum absolute atomic E-state index is 13.8. The van der Waals surface area contributed by atoms with Crippen molar-refractivity contribution in [2.75, 3.05) is 13.1 Å². The molecule has 0 aliphatic carbocycles. The molecule has 0 unspecified atom stereocenters. The predicted molar refractivity (Wildman–Crippen MR) is 81.5 cm³/mol. The third kappa shape index (κ3) is 3.16. The molecule has 0 aromatic heterocycles. The summed E-state index contributed by atoms with van der Waals surface area (Å²) in [5, 5.41) is 13.7. The molecule has 2 aliphatic heterocycles. The number of halogens is 2. The molecule has 5 heteroatoms. The third-order valence-corrected chi connectivity index (χ3v) is 5.09. The van der Waals surface area contributed by atoms with Crippen LogP contribution in [0.3, 0.4) is 0 Å². The van der Waals surface area contributed by atoms with Gasteiger partial charge in [0.1, 0.15) is 11.6 Å². The molecule has 2 heterocycles. The summed E-state index contributed by atoms with van der Waals surface area (Å²) in [5.74, 6) is -1.38. The number of hydrogen-bond acceptors (Lipinski definition) is 3. The Morgan fingerprint density at radius 3 is 2.68 bits per heavy atom. The number of rotatable bonds is 4.